The van der Waals surface area contributed by atoms with Gasteiger partial charge in [-0.05, 0) is 54.4 Å². The van der Waals surface area contributed by atoms with E-state index in [1.54, 1.807) is 0 Å². The quantitative estimate of drug-likeness (QED) is 0.679. The van der Waals surface area contributed by atoms with Crippen molar-refractivity contribution in [2.45, 2.75) is 77.0 Å². The second-order valence-electron chi connectivity index (χ2n) is 7.80. The third kappa shape index (κ3) is 6.30. The smallest absolute Gasteiger partial charge is 0.234 e. The van der Waals surface area contributed by atoms with Gasteiger partial charge in [0.05, 0.1) is 13.5 Å². The van der Waals surface area contributed by atoms with Crippen LogP contribution in [-0.4, -0.2) is 35.1 Å². The highest BCUT2D eigenvalue weighted by atomic mass is 16.2. The number of hydrogen-bond donors (Lipinski definition) is 3. The lowest BCUT2D eigenvalue weighted by Gasteiger charge is -2.46. The molecule has 0 atom stereocenters. The number of hydrogen-bond acceptors (Lipinski definition) is 3. The Bertz CT molecular complexity index is 313. The topological polar surface area (TPSA) is 53.2 Å². The summed E-state index contributed by atoms with van der Waals surface area (Å²) in [6, 6.07) is 0.230. The predicted molar refractivity (Wildman–Crippen MR) is 79.9 cm³/mol. The monoisotopic (exact) mass is 268 g/mol. The normalized spacial score (nSPS) is 23.1. The zero-order valence-corrected chi connectivity index (χ0v) is 13.3. The molecular formula is C15H30N3O+. The Balaban J connectivity index is 2.50. The average Bonchev–Trinajstić information content (AvgIpc) is 2.07. The van der Waals surface area contributed by atoms with Crippen molar-refractivity contribution < 1.29 is 4.79 Å². The van der Waals surface area contributed by atoms with E-state index in [-0.39, 0.29) is 28.6 Å². The van der Waals surface area contributed by atoms with Crippen LogP contribution in [0.1, 0.15) is 54.4 Å². The highest BCUT2D eigenvalue weighted by Crippen LogP contribution is 2.28. The molecule has 0 aromatic rings. The van der Waals surface area contributed by atoms with E-state index in [2.05, 4.69) is 50.6 Å². The van der Waals surface area contributed by atoms with Crippen LogP contribution in [0.4, 0.5) is 0 Å². The van der Waals surface area contributed by atoms with E-state index < -0.39 is 0 Å². The fraction of sp³-hybridized carbons (Fsp3) is 0.867. The molecule has 4 nitrogen and oxygen atoms in total. The second-order valence-corrected chi connectivity index (χ2v) is 7.80. The lowest BCUT2D eigenvalue weighted by molar-refractivity contribution is -0.121. The van der Waals surface area contributed by atoms with Crippen molar-refractivity contribution in [3.8, 4) is 0 Å². The molecule has 0 aromatic heterocycles. The van der Waals surface area contributed by atoms with E-state index in [4.69, 9.17) is 0 Å². The van der Waals surface area contributed by atoms with Gasteiger partial charge in [0.2, 0.25) is 5.91 Å². The van der Waals surface area contributed by atoms with Gasteiger partial charge in [0.25, 0.3) is 0 Å². The molecule has 19 heavy (non-hydrogen) atoms. The Morgan fingerprint density at radius 3 is 2.16 bits per heavy atom. The molecule has 4 heteroatoms. The molecule has 0 saturated carbocycles. The summed E-state index contributed by atoms with van der Waals surface area (Å²) in [5.74, 6) is 0.0511. The molecule has 1 rings (SSSR count). The molecule has 0 spiro atoms. The summed E-state index contributed by atoms with van der Waals surface area (Å²) in [6.45, 7) is 16.9. The molecule has 3 N–H and O–H groups in total. The Kier molecular flexibility index (Phi) is 4.58. The molecule has 0 aromatic carbocycles. The highest BCUT2D eigenvalue weighted by Gasteiger charge is 2.38. The lowest BCUT2D eigenvalue weighted by Crippen LogP contribution is -2.62. The predicted octanol–water partition coefficient (Wildman–Crippen LogP) is 1.61. The van der Waals surface area contributed by atoms with Crippen molar-refractivity contribution in [1.82, 2.24) is 16.0 Å². The van der Waals surface area contributed by atoms with Crippen LogP contribution in [0.3, 0.4) is 0 Å². The van der Waals surface area contributed by atoms with Crippen molar-refractivity contribution in [1.29, 1.82) is 0 Å². The molecule has 1 saturated heterocycles. The van der Waals surface area contributed by atoms with Crippen LogP contribution in [0.5, 0.6) is 0 Å². The summed E-state index contributed by atoms with van der Waals surface area (Å²) in [7, 11) is 0. The number of carbonyl (C=O) groups excluding carboxylic acids is 1. The maximum Gasteiger partial charge on any atom is 0.234 e. The molecule has 1 amide bonds. The Hall–Kier alpha value is -0.740. The summed E-state index contributed by atoms with van der Waals surface area (Å²) in [5.41, 5.74) is -0.165. The van der Waals surface area contributed by atoms with E-state index in [0.29, 0.717) is 6.54 Å². The van der Waals surface area contributed by atoms with Crippen LogP contribution in [0.15, 0.2) is 0 Å². The molecule has 0 aliphatic carbocycles. The summed E-state index contributed by atoms with van der Waals surface area (Å²) < 4.78 is 0. The fourth-order valence-electron chi connectivity index (χ4n) is 3.02. The highest BCUT2D eigenvalue weighted by molar-refractivity contribution is 5.78. The van der Waals surface area contributed by atoms with Gasteiger partial charge in [0.15, 0.2) is 5.54 Å². The SMILES string of the molecule is [CH2+]C(C)(C)NCC(=O)NC1CC(C)(C)NC(C)(C)C1. The van der Waals surface area contributed by atoms with Crippen molar-refractivity contribution in [3.05, 3.63) is 6.92 Å². The van der Waals surface area contributed by atoms with Gasteiger partial charge >= 0.3 is 0 Å². The minimum Gasteiger partial charge on any atom is -0.352 e. The molecule has 1 aliphatic rings. The number of carbonyl (C=O) groups is 1. The van der Waals surface area contributed by atoms with Crippen LogP contribution in [0, 0.1) is 6.92 Å². The maximum atomic E-state index is 12.0. The van der Waals surface area contributed by atoms with Gasteiger partial charge in [-0.2, -0.15) is 0 Å². The Morgan fingerprint density at radius 1 is 1.26 bits per heavy atom. The van der Waals surface area contributed by atoms with Crippen LogP contribution in [0.2, 0.25) is 0 Å². The first-order valence-corrected chi connectivity index (χ1v) is 7.08. The molecule has 0 unspecified atom stereocenters. The first-order valence-electron chi connectivity index (χ1n) is 7.08. The Morgan fingerprint density at radius 2 is 1.74 bits per heavy atom. The van der Waals surface area contributed by atoms with E-state index in [1.165, 1.54) is 0 Å². The van der Waals surface area contributed by atoms with Gasteiger partial charge < -0.3 is 10.6 Å². The van der Waals surface area contributed by atoms with Gasteiger partial charge in [-0.15, -0.1) is 0 Å². The number of piperidine rings is 1. The molecule has 0 radical (unpaired) electrons. The van der Waals surface area contributed by atoms with Gasteiger partial charge in [-0.3, -0.25) is 10.1 Å². The molecule has 1 heterocycles. The second kappa shape index (κ2) is 5.33. The molecule has 110 valence electrons. The third-order valence-electron chi connectivity index (χ3n) is 3.28. The molecule has 1 fully saturated rings. The standard InChI is InChI=1S/C15H29N3O/c1-13(2,3)16-10-12(19)17-11-8-14(4,5)18-15(6,7)9-11/h11,16,18H,1,8-10H2,2-7H3/p+1. The average molecular weight is 268 g/mol. The van der Waals surface area contributed by atoms with Crippen molar-refractivity contribution in [2.24, 2.45) is 0 Å². The van der Waals surface area contributed by atoms with Crippen molar-refractivity contribution in [2.75, 3.05) is 6.54 Å². The van der Waals surface area contributed by atoms with Crippen LogP contribution < -0.4 is 16.0 Å². The third-order valence-corrected chi connectivity index (χ3v) is 3.28. The first kappa shape index (κ1) is 16.3. The number of amides is 1. The van der Waals surface area contributed by atoms with E-state index in [1.807, 2.05) is 13.8 Å². The number of nitrogens with one attached hydrogen (secondary N) is 3. The van der Waals surface area contributed by atoms with Crippen LogP contribution >= 0.6 is 0 Å². The van der Waals surface area contributed by atoms with Crippen LogP contribution in [0.25, 0.3) is 0 Å². The zero-order chi connectivity index (χ0) is 14.9. The first-order chi connectivity index (χ1) is 8.39. The van der Waals surface area contributed by atoms with Crippen molar-refractivity contribution in [3.63, 3.8) is 0 Å². The van der Waals surface area contributed by atoms with Crippen LogP contribution in [-0.2, 0) is 4.79 Å². The van der Waals surface area contributed by atoms with Gasteiger partial charge in [0, 0.05) is 17.1 Å². The Labute approximate surface area is 118 Å². The van der Waals surface area contributed by atoms with Gasteiger partial charge in [0.1, 0.15) is 0 Å². The molecule has 1 aliphatic heterocycles. The van der Waals surface area contributed by atoms with Gasteiger partial charge in [-0.1, -0.05) is 0 Å². The summed E-state index contributed by atoms with van der Waals surface area (Å²) in [5, 5.41) is 9.86. The van der Waals surface area contributed by atoms with E-state index in [9.17, 15) is 4.79 Å². The maximum absolute atomic E-state index is 12.0. The summed E-state index contributed by atoms with van der Waals surface area (Å²) in [4.78, 5) is 12.0. The minimum absolute atomic E-state index is 0.0511. The van der Waals surface area contributed by atoms with E-state index >= 15 is 0 Å². The van der Waals surface area contributed by atoms with Gasteiger partial charge in [-0.25, -0.2) is 0 Å². The largest absolute Gasteiger partial charge is 0.352 e. The molecule has 0 bridgehead atoms. The zero-order valence-electron chi connectivity index (χ0n) is 13.3. The van der Waals surface area contributed by atoms with Crippen molar-refractivity contribution >= 4 is 5.91 Å². The molecular weight excluding hydrogens is 238 g/mol. The lowest BCUT2D eigenvalue weighted by atomic mass is 9.79. The van der Waals surface area contributed by atoms with E-state index in [0.717, 1.165) is 12.8 Å². The minimum atomic E-state index is -0.274. The number of rotatable bonds is 4. The fourth-order valence-corrected chi connectivity index (χ4v) is 3.02. The summed E-state index contributed by atoms with van der Waals surface area (Å²) >= 11 is 0. The summed E-state index contributed by atoms with van der Waals surface area (Å²) in [6.07, 6.45) is 1.91.